The number of nitro groups is 1. The van der Waals surface area contributed by atoms with Crippen LogP contribution in [0.3, 0.4) is 0 Å². The van der Waals surface area contributed by atoms with Crippen LogP contribution in [0.1, 0.15) is 46.0 Å². The van der Waals surface area contributed by atoms with Gasteiger partial charge in [-0.25, -0.2) is 0 Å². The van der Waals surface area contributed by atoms with Crippen molar-refractivity contribution >= 4 is 17.3 Å². The van der Waals surface area contributed by atoms with E-state index in [4.69, 9.17) is 9.47 Å². The molecule has 0 amide bonds. The lowest BCUT2D eigenvalue weighted by Gasteiger charge is -2.62. The predicted molar refractivity (Wildman–Crippen MR) is 130 cm³/mol. The molecule has 1 aromatic rings. The van der Waals surface area contributed by atoms with Gasteiger partial charge in [0.05, 0.1) is 22.0 Å². The highest BCUT2D eigenvalue weighted by atomic mass is 16.6. The number of carbonyl (C=O) groups excluding carboxylic acids is 1. The smallest absolute Gasteiger partial charge is 0.310 e. The maximum atomic E-state index is 13.0. The van der Waals surface area contributed by atoms with Crippen molar-refractivity contribution in [3.05, 3.63) is 34.4 Å². The molecule has 1 aromatic carbocycles. The molecule has 9 nitrogen and oxygen atoms in total. The van der Waals surface area contributed by atoms with Gasteiger partial charge in [-0.15, -0.1) is 0 Å². The number of non-ortho nitro benzene ring substituents is 1. The Hall–Kier alpha value is -2.23. The van der Waals surface area contributed by atoms with Crippen LogP contribution in [0.2, 0.25) is 0 Å². The van der Waals surface area contributed by atoms with E-state index in [1.54, 1.807) is 19.2 Å². The maximum Gasteiger partial charge on any atom is 0.310 e. The number of aliphatic hydroxyl groups is 1. The van der Waals surface area contributed by atoms with Crippen LogP contribution in [0.15, 0.2) is 24.3 Å². The first-order valence-corrected chi connectivity index (χ1v) is 12.8. The highest BCUT2D eigenvalue weighted by Crippen LogP contribution is 2.61. The number of fused-ring (bicyclic) bond motifs is 2. The van der Waals surface area contributed by atoms with Crippen molar-refractivity contribution in [1.29, 1.82) is 0 Å². The van der Waals surface area contributed by atoms with Crippen LogP contribution in [-0.4, -0.2) is 78.0 Å². The maximum absolute atomic E-state index is 13.0. The van der Waals surface area contributed by atoms with E-state index in [0.717, 1.165) is 51.1 Å². The molecule has 192 valence electrons. The summed E-state index contributed by atoms with van der Waals surface area (Å²) in [6.45, 7) is 7.97. The van der Waals surface area contributed by atoms with Crippen LogP contribution in [0.25, 0.3) is 0 Å². The summed E-state index contributed by atoms with van der Waals surface area (Å²) in [6.07, 6.45) is 3.80. The summed E-state index contributed by atoms with van der Waals surface area (Å²) < 4.78 is 11.8. The molecule has 0 bridgehead atoms. The minimum Gasteiger partial charge on any atom is -0.462 e. The van der Waals surface area contributed by atoms with Crippen molar-refractivity contribution in [1.82, 2.24) is 4.90 Å². The second-order valence-corrected chi connectivity index (χ2v) is 11.4. The molecule has 1 N–H and O–H groups in total. The standard InChI is InChI=1S/C26H37N3O6/c1-24-9-4-10-25(2,34-3)26(24,31)15-20-21(23(30)35-22(20)16-24)17-27-11-13-28(14-12-27)18-5-7-19(8-6-18)29(32)33/h5-8,20-22,31H,4,9-17H2,1-3H3/t20-,21+,22-,24+,25+,26+/m0/s1. The molecule has 6 atom stereocenters. The minimum absolute atomic E-state index is 0.0131. The zero-order valence-electron chi connectivity index (χ0n) is 20.9. The number of methoxy groups -OCH3 is 1. The third-order valence-corrected chi connectivity index (χ3v) is 9.71. The number of ether oxygens (including phenoxy) is 2. The molecule has 4 fully saturated rings. The average molecular weight is 488 g/mol. The molecule has 4 aliphatic rings. The fraction of sp³-hybridized carbons (Fsp3) is 0.731. The summed E-state index contributed by atoms with van der Waals surface area (Å²) >= 11 is 0. The van der Waals surface area contributed by atoms with E-state index in [2.05, 4.69) is 16.7 Å². The lowest BCUT2D eigenvalue weighted by atomic mass is 9.49. The van der Waals surface area contributed by atoms with Gasteiger partial charge in [0, 0.05) is 69.0 Å². The number of carbonyl (C=O) groups is 1. The topological polar surface area (TPSA) is 105 Å². The zero-order chi connectivity index (χ0) is 25.0. The van der Waals surface area contributed by atoms with Crippen LogP contribution < -0.4 is 4.90 Å². The van der Waals surface area contributed by atoms with Crippen LogP contribution >= 0.6 is 0 Å². The average Bonchev–Trinajstić information content (AvgIpc) is 3.12. The Morgan fingerprint density at radius 3 is 2.46 bits per heavy atom. The van der Waals surface area contributed by atoms with Crippen molar-refractivity contribution < 1.29 is 24.3 Å². The van der Waals surface area contributed by atoms with Gasteiger partial charge < -0.3 is 19.5 Å². The van der Waals surface area contributed by atoms with Gasteiger partial charge in [0.2, 0.25) is 0 Å². The number of nitro benzene ring substituents is 1. The first-order chi connectivity index (χ1) is 16.6. The van der Waals surface area contributed by atoms with Crippen LogP contribution in [-0.2, 0) is 14.3 Å². The molecule has 5 rings (SSSR count). The van der Waals surface area contributed by atoms with Gasteiger partial charge in [0.25, 0.3) is 5.69 Å². The Bertz CT molecular complexity index is 980. The third kappa shape index (κ3) is 3.92. The summed E-state index contributed by atoms with van der Waals surface area (Å²) in [6, 6.07) is 6.67. The van der Waals surface area contributed by atoms with E-state index in [0.29, 0.717) is 19.4 Å². The van der Waals surface area contributed by atoms with Crippen LogP contribution in [0.4, 0.5) is 11.4 Å². The molecule has 2 aliphatic carbocycles. The number of nitrogens with zero attached hydrogens (tertiary/aromatic N) is 3. The van der Waals surface area contributed by atoms with Crippen LogP contribution in [0, 0.1) is 27.4 Å². The number of esters is 1. The zero-order valence-corrected chi connectivity index (χ0v) is 20.9. The lowest BCUT2D eigenvalue weighted by Crippen LogP contribution is -2.69. The van der Waals surface area contributed by atoms with Crippen molar-refractivity contribution in [2.24, 2.45) is 17.3 Å². The number of anilines is 1. The molecule has 2 aliphatic heterocycles. The fourth-order valence-corrected chi connectivity index (χ4v) is 7.34. The quantitative estimate of drug-likeness (QED) is 0.384. The van der Waals surface area contributed by atoms with Gasteiger partial charge in [0.1, 0.15) is 6.10 Å². The van der Waals surface area contributed by atoms with Gasteiger partial charge in [-0.1, -0.05) is 6.92 Å². The van der Waals surface area contributed by atoms with E-state index >= 15 is 0 Å². The lowest BCUT2D eigenvalue weighted by molar-refractivity contribution is -0.384. The molecule has 0 aromatic heterocycles. The largest absolute Gasteiger partial charge is 0.462 e. The summed E-state index contributed by atoms with van der Waals surface area (Å²) in [7, 11) is 1.69. The highest BCUT2D eigenvalue weighted by Gasteiger charge is 2.67. The monoisotopic (exact) mass is 487 g/mol. The number of benzene rings is 1. The van der Waals surface area contributed by atoms with Crippen molar-refractivity contribution in [3.63, 3.8) is 0 Å². The van der Waals surface area contributed by atoms with Crippen molar-refractivity contribution in [2.75, 3.05) is 44.7 Å². The summed E-state index contributed by atoms with van der Waals surface area (Å²) in [5.74, 6) is -0.397. The first-order valence-electron chi connectivity index (χ1n) is 12.8. The van der Waals surface area contributed by atoms with E-state index in [9.17, 15) is 20.0 Å². The molecule has 0 radical (unpaired) electrons. The second kappa shape index (κ2) is 8.71. The Kier molecular flexibility index (Phi) is 6.09. The van der Waals surface area contributed by atoms with Crippen molar-refractivity contribution in [3.8, 4) is 0 Å². The summed E-state index contributed by atoms with van der Waals surface area (Å²) in [5, 5.41) is 23.0. The fourth-order valence-electron chi connectivity index (χ4n) is 7.34. The Morgan fingerprint density at radius 1 is 1.14 bits per heavy atom. The minimum atomic E-state index is -0.991. The van der Waals surface area contributed by atoms with Gasteiger partial charge >= 0.3 is 5.97 Å². The van der Waals surface area contributed by atoms with Gasteiger partial charge in [-0.3, -0.25) is 19.8 Å². The molecule has 2 heterocycles. The van der Waals surface area contributed by atoms with E-state index in [1.807, 2.05) is 6.92 Å². The van der Waals surface area contributed by atoms with E-state index in [1.165, 1.54) is 12.1 Å². The van der Waals surface area contributed by atoms with Gasteiger partial charge in [0.15, 0.2) is 0 Å². The highest BCUT2D eigenvalue weighted by molar-refractivity contribution is 5.75. The number of piperazine rings is 1. The second-order valence-electron chi connectivity index (χ2n) is 11.4. The Morgan fingerprint density at radius 2 is 1.83 bits per heavy atom. The summed E-state index contributed by atoms with van der Waals surface area (Å²) in [5.41, 5.74) is -0.884. The Balaban J connectivity index is 1.25. The SMILES string of the molecule is CO[C@]1(C)CCC[C@]2(C)C[C@@H]3OC(=O)[C@H](CN4CCN(c5ccc([N+](=O)[O-])cc5)CC4)[C@@H]3C[C@@]21O. The third-order valence-electron chi connectivity index (χ3n) is 9.71. The molecular formula is C26H37N3O6. The number of hydrogen-bond acceptors (Lipinski definition) is 8. The van der Waals surface area contributed by atoms with E-state index in [-0.39, 0.29) is 39.9 Å². The molecule has 9 heteroatoms. The van der Waals surface area contributed by atoms with Gasteiger partial charge in [-0.2, -0.15) is 0 Å². The molecule has 2 saturated heterocycles. The Labute approximate surface area is 206 Å². The van der Waals surface area contributed by atoms with Gasteiger partial charge in [-0.05, 0) is 51.2 Å². The predicted octanol–water partition coefficient (Wildman–Crippen LogP) is 2.99. The molecule has 2 saturated carbocycles. The number of hydrogen-bond donors (Lipinski definition) is 1. The first kappa shape index (κ1) is 24.5. The van der Waals surface area contributed by atoms with E-state index < -0.39 is 11.2 Å². The summed E-state index contributed by atoms with van der Waals surface area (Å²) in [4.78, 5) is 28.1. The molecular weight excluding hydrogens is 450 g/mol. The van der Waals surface area contributed by atoms with Crippen molar-refractivity contribution in [2.45, 2.75) is 63.3 Å². The number of rotatable bonds is 5. The molecule has 0 spiro atoms. The molecule has 35 heavy (non-hydrogen) atoms. The molecule has 0 unspecified atom stereocenters. The normalized spacial score (nSPS) is 39.6. The van der Waals surface area contributed by atoms with Crippen LogP contribution in [0.5, 0.6) is 0 Å².